The average Bonchev–Trinajstić information content (AvgIpc) is 2.46. The van der Waals surface area contributed by atoms with Gasteiger partial charge < -0.3 is 5.11 Å². The lowest BCUT2D eigenvalue weighted by Gasteiger charge is -2.07. The van der Waals surface area contributed by atoms with Crippen molar-refractivity contribution in [2.75, 3.05) is 5.32 Å². The monoisotopic (exact) mass is 265 g/mol. The number of aromatic nitrogens is 1. The van der Waals surface area contributed by atoms with Crippen LogP contribution in [0.25, 0.3) is 10.8 Å². The van der Waals surface area contributed by atoms with Gasteiger partial charge in [-0.1, -0.05) is 30.3 Å². The number of aryl methyl sites for hydroxylation is 1. The van der Waals surface area contributed by atoms with Crippen molar-refractivity contribution < 1.29 is 10.1 Å². The van der Waals surface area contributed by atoms with E-state index in [4.69, 9.17) is 0 Å². The van der Waals surface area contributed by atoms with Crippen molar-refractivity contribution in [1.82, 2.24) is 0 Å². The smallest absolute Gasteiger partial charge is 0.272 e. The van der Waals surface area contributed by atoms with Crippen LogP contribution in [0.4, 0.5) is 5.82 Å². The maximum absolute atomic E-state index is 10.1. The van der Waals surface area contributed by atoms with Crippen LogP contribution in [0.2, 0.25) is 0 Å². The van der Waals surface area contributed by atoms with Crippen molar-refractivity contribution in [3.05, 3.63) is 65.9 Å². The van der Waals surface area contributed by atoms with Gasteiger partial charge in [-0.3, -0.25) is 5.32 Å². The number of phenolic OH excluding ortho intramolecular Hbond substituents is 1. The number of aromatic amines is 1. The predicted molar refractivity (Wildman–Crippen MR) is 80.7 cm³/mol. The number of hydrogen-bond acceptors (Lipinski definition) is 2. The maximum atomic E-state index is 10.1. The predicted octanol–water partition coefficient (Wildman–Crippen LogP) is 3.28. The van der Waals surface area contributed by atoms with Crippen LogP contribution >= 0.6 is 0 Å². The molecule has 0 spiro atoms. The molecule has 3 nitrogen and oxygen atoms in total. The number of phenols is 1. The van der Waals surface area contributed by atoms with Gasteiger partial charge in [0, 0.05) is 11.6 Å². The molecule has 0 unspecified atom stereocenters. The molecule has 0 atom stereocenters. The Morgan fingerprint density at radius 2 is 1.95 bits per heavy atom. The quantitative estimate of drug-likeness (QED) is 0.763. The van der Waals surface area contributed by atoms with Crippen molar-refractivity contribution >= 4 is 16.6 Å². The van der Waals surface area contributed by atoms with E-state index in [0.29, 0.717) is 12.3 Å². The van der Waals surface area contributed by atoms with Crippen molar-refractivity contribution in [3.63, 3.8) is 0 Å². The lowest BCUT2D eigenvalue weighted by atomic mass is 10.0. The molecule has 3 aromatic rings. The molecule has 0 saturated carbocycles. The second kappa shape index (κ2) is 5.21. The minimum atomic E-state index is 0.323. The Labute approximate surface area is 117 Å². The lowest BCUT2D eigenvalue weighted by molar-refractivity contribution is -0.361. The Bertz CT molecular complexity index is 753. The Morgan fingerprint density at radius 3 is 2.80 bits per heavy atom. The minimum absolute atomic E-state index is 0.323. The Kier molecular flexibility index (Phi) is 3.25. The molecular weight excluding hydrogens is 248 g/mol. The van der Waals surface area contributed by atoms with Crippen molar-refractivity contribution in [1.29, 1.82) is 0 Å². The normalized spacial score (nSPS) is 10.7. The van der Waals surface area contributed by atoms with Gasteiger partial charge in [0.05, 0.1) is 6.20 Å². The van der Waals surface area contributed by atoms with Crippen LogP contribution < -0.4 is 10.3 Å². The SMILES string of the molecule is Cc1cc[nH+]c(NCc2c(O)ccc3ccccc23)c1. The highest BCUT2D eigenvalue weighted by Gasteiger charge is 2.09. The van der Waals surface area contributed by atoms with E-state index in [0.717, 1.165) is 22.2 Å². The van der Waals surface area contributed by atoms with Gasteiger partial charge in [-0.2, -0.15) is 0 Å². The molecule has 0 aliphatic heterocycles. The molecule has 3 heteroatoms. The molecular formula is C17H17N2O+. The first-order chi connectivity index (χ1) is 9.74. The van der Waals surface area contributed by atoms with Gasteiger partial charge in [-0.25, -0.2) is 4.98 Å². The minimum Gasteiger partial charge on any atom is -0.507 e. The second-order valence-corrected chi connectivity index (χ2v) is 4.92. The van der Waals surface area contributed by atoms with E-state index >= 15 is 0 Å². The van der Waals surface area contributed by atoms with E-state index in [-0.39, 0.29) is 0 Å². The highest BCUT2D eigenvalue weighted by Crippen LogP contribution is 2.27. The number of rotatable bonds is 3. The second-order valence-electron chi connectivity index (χ2n) is 4.92. The summed E-state index contributed by atoms with van der Waals surface area (Å²) in [6.45, 7) is 2.63. The van der Waals surface area contributed by atoms with Crippen LogP contribution in [-0.2, 0) is 6.54 Å². The molecule has 3 rings (SSSR count). The Morgan fingerprint density at radius 1 is 1.10 bits per heavy atom. The molecule has 3 N–H and O–H groups in total. The molecule has 1 aromatic heterocycles. The van der Waals surface area contributed by atoms with Crippen LogP contribution in [0.3, 0.4) is 0 Å². The number of H-pyrrole nitrogens is 1. The zero-order chi connectivity index (χ0) is 13.9. The molecule has 20 heavy (non-hydrogen) atoms. The first kappa shape index (κ1) is 12.5. The molecule has 0 aliphatic rings. The average molecular weight is 265 g/mol. The van der Waals surface area contributed by atoms with Gasteiger partial charge in [0.1, 0.15) is 12.3 Å². The summed E-state index contributed by atoms with van der Waals surface area (Å²) in [4.78, 5) is 3.15. The van der Waals surface area contributed by atoms with Gasteiger partial charge in [0.15, 0.2) is 0 Å². The number of benzene rings is 2. The van der Waals surface area contributed by atoms with E-state index in [2.05, 4.69) is 23.3 Å². The van der Waals surface area contributed by atoms with Crippen molar-refractivity contribution in [2.45, 2.75) is 13.5 Å². The largest absolute Gasteiger partial charge is 0.507 e. The number of pyridine rings is 1. The fraction of sp³-hybridized carbons (Fsp3) is 0.118. The van der Waals surface area contributed by atoms with Crippen LogP contribution in [0.5, 0.6) is 5.75 Å². The Hall–Kier alpha value is -2.55. The van der Waals surface area contributed by atoms with E-state index in [1.54, 1.807) is 6.07 Å². The lowest BCUT2D eigenvalue weighted by Crippen LogP contribution is -2.12. The number of fused-ring (bicyclic) bond motifs is 1. The van der Waals surface area contributed by atoms with Gasteiger partial charge in [0.2, 0.25) is 0 Å². The highest BCUT2D eigenvalue weighted by atomic mass is 16.3. The summed E-state index contributed by atoms with van der Waals surface area (Å²) in [5.74, 6) is 1.26. The summed E-state index contributed by atoms with van der Waals surface area (Å²) in [5.41, 5.74) is 2.10. The standard InChI is InChI=1S/C17H16N2O/c1-12-8-9-18-17(10-12)19-11-15-14-5-3-2-4-13(14)6-7-16(15)20/h2-10,20H,11H2,1H3,(H,18,19)/p+1. The molecule has 2 aromatic carbocycles. The molecule has 0 radical (unpaired) electrons. The van der Waals surface area contributed by atoms with E-state index < -0.39 is 0 Å². The van der Waals surface area contributed by atoms with Crippen molar-refractivity contribution in [3.8, 4) is 5.75 Å². The molecule has 0 bridgehead atoms. The highest BCUT2D eigenvalue weighted by molar-refractivity contribution is 5.87. The number of nitrogens with one attached hydrogen (secondary N) is 2. The molecule has 100 valence electrons. The third-order valence-electron chi connectivity index (χ3n) is 3.43. The summed E-state index contributed by atoms with van der Waals surface area (Å²) >= 11 is 0. The molecule has 0 saturated heterocycles. The molecule has 0 fully saturated rings. The zero-order valence-corrected chi connectivity index (χ0v) is 11.4. The topological polar surface area (TPSA) is 46.4 Å². The summed E-state index contributed by atoms with van der Waals surface area (Å²) in [6.07, 6.45) is 1.90. The Balaban J connectivity index is 1.92. The number of hydrogen-bond donors (Lipinski definition) is 2. The summed E-state index contributed by atoms with van der Waals surface area (Å²) in [7, 11) is 0. The van der Waals surface area contributed by atoms with Gasteiger partial charge in [-0.15, -0.1) is 0 Å². The fourth-order valence-electron chi connectivity index (χ4n) is 2.38. The van der Waals surface area contributed by atoms with Crippen LogP contribution in [-0.4, -0.2) is 5.11 Å². The molecule has 0 amide bonds. The van der Waals surface area contributed by atoms with E-state index in [9.17, 15) is 5.11 Å². The number of anilines is 1. The number of aromatic hydroxyl groups is 1. The first-order valence-electron chi connectivity index (χ1n) is 6.66. The van der Waals surface area contributed by atoms with Crippen molar-refractivity contribution in [2.24, 2.45) is 0 Å². The van der Waals surface area contributed by atoms with Gasteiger partial charge in [-0.05, 0) is 35.4 Å². The third-order valence-corrected chi connectivity index (χ3v) is 3.43. The molecule has 0 aliphatic carbocycles. The van der Waals surface area contributed by atoms with Crippen LogP contribution in [0.1, 0.15) is 11.1 Å². The zero-order valence-electron chi connectivity index (χ0n) is 11.4. The van der Waals surface area contributed by atoms with Gasteiger partial charge >= 0.3 is 0 Å². The van der Waals surface area contributed by atoms with E-state index in [1.807, 2.05) is 42.6 Å². The molecule has 1 heterocycles. The third kappa shape index (κ3) is 2.43. The van der Waals surface area contributed by atoms with Gasteiger partial charge in [0.25, 0.3) is 5.82 Å². The van der Waals surface area contributed by atoms with E-state index in [1.165, 1.54) is 5.56 Å². The summed E-state index contributed by atoms with van der Waals surface area (Å²) < 4.78 is 0. The summed E-state index contributed by atoms with van der Waals surface area (Å²) in [6, 6.07) is 15.8. The fourth-order valence-corrected chi connectivity index (χ4v) is 2.38. The van der Waals surface area contributed by atoms with Crippen LogP contribution in [0.15, 0.2) is 54.7 Å². The first-order valence-corrected chi connectivity index (χ1v) is 6.66. The summed E-state index contributed by atoms with van der Waals surface area (Å²) in [5, 5.41) is 15.6. The van der Waals surface area contributed by atoms with Crippen LogP contribution in [0, 0.1) is 6.92 Å². The maximum Gasteiger partial charge on any atom is 0.272 e.